The molecule has 0 radical (unpaired) electrons. The van der Waals surface area contributed by atoms with Crippen molar-refractivity contribution in [3.8, 4) is 0 Å². The maximum atomic E-state index is 12.6. The number of benzene rings is 1. The van der Waals surface area contributed by atoms with E-state index in [1.165, 1.54) is 12.1 Å². The minimum atomic E-state index is -4.41. The molecule has 1 aromatic heterocycles. The second-order valence-electron chi connectivity index (χ2n) is 4.49. The van der Waals surface area contributed by atoms with E-state index < -0.39 is 17.6 Å². The van der Waals surface area contributed by atoms with Gasteiger partial charge in [-0.2, -0.15) is 18.3 Å². The van der Waals surface area contributed by atoms with Crippen LogP contribution in [0, 0.1) is 6.92 Å². The highest BCUT2D eigenvalue weighted by Gasteiger charge is 2.30. The zero-order chi connectivity index (χ0) is 15.5. The minimum Gasteiger partial charge on any atom is -0.348 e. The molecule has 2 aromatic rings. The zero-order valence-corrected chi connectivity index (χ0v) is 11.2. The quantitative estimate of drug-likeness (QED) is 0.907. The van der Waals surface area contributed by atoms with Crippen molar-refractivity contribution in [2.24, 2.45) is 0 Å². The van der Waals surface area contributed by atoms with Gasteiger partial charge in [-0.15, -0.1) is 0 Å². The molecule has 112 valence electrons. The van der Waals surface area contributed by atoms with Gasteiger partial charge in [0.2, 0.25) is 5.91 Å². The van der Waals surface area contributed by atoms with Gasteiger partial charge in [-0.05, 0) is 18.6 Å². The first-order valence-electron chi connectivity index (χ1n) is 6.15. The number of aromatic nitrogens is 3. The zero-order valence-electron chi connectivity index (χ0n) is 11.2. The van der Waals surface area contributed by atoms with Gasteiger partial charge in [-0.1, -0.05) is 18.2 Å². The van der Waals surface area contributed by atoms with Crippen molar-refractivity contribution in [1.29, 1.82) is 0 Å². The van der Waals surface area contributed by atoms with Crippen LogP contribution in [0.4, 0.5) is 13.2 Å². The van der Waals surface area contributed by atoms with Crippen LogP contribution in [0.25, 0.3) is 0 Å². The van der Waals surface area contributed by atoms with Crippen molar-refractivity contribution in [2.75, 3.05) is 0 Å². The van der Waals surface area contributed by atoms with E-state index in [1.54, 1.807) is 6.92 Å². The van der Waals surface area contributed by atoms with E-state index in [-0.39, 0.29) is 13.0 Å². The van der Waals surface area contributed by atoms with Crippen LogP contribution in [-0.4, -0.2) is 21.1 Å². The minimum absolute atomic E-state index is 0.127. The number of nitrogens with zero attached hydrogens (tertiary/aromatic N) is 2. The summed E-state index contributed by atoms with van der Waals surface area (Å²) >= 11 is 0. The molecular weight excluding hydrogens is 285 g/mol. The average Bonchev–Trinajstić information content (AvgIpc) is 2.82. The van der Waals surface area contributed by atoms with Gasteiger partial charge in [0.1, 0.15) is 5.82 Å². The number of hydrogen-bond acceptors (Lipinski definition) is 3. The highest BCUT2D eigenvalue weighted by Crippen LogP contribution is 2.29. The predicted molar refractivity (Wildman–Crippen MR) is 68.1 cm³/mol. The Balaban J connectivity index is 1.93. The topological polar surface area (TPSA) is 70.7 Å². The normalized spacial score (nSPS) is 11.4. The molecule has 8 heteroatoms. The average molecular weight is 298 g/mol. The van der Waals surface area contributed by atoms with Gasteiger partial charge in [0.05, 0.1) is 18.5 Å². The van der Waals surface area contributed by atoms with Gasteiger partial charge in [0, 0.05) is 0 Å². The highest BCUT2D eigenvalue weighted by atomic mass is 19.4. The van der Waals surface area contributed by atoms with Crippen molar-refractivity contribution >= 4 is 5.91 Å². The summed E-state index contributed by atoms with van der Waals surface area (Å²) in [5, 5.41) is 9.02. The van der Waals surface area contributed by atoms with Crippen LogP contribution in [-0.2, 0) is 23.9 Å². The van der Waals surface area contributed by atoms with E-state index in [4.69, 9.17) is 0 Å². The molecule has 1 amide bonds. The van der Waals surface area contributed by atoms with Crippen molar-refractivity contribution < 1.29 is 18.0 Å². The van der Waals surface area contributed by atoms with Crippen LogP contribution < -0.4 is 5.32 Å². The Hall–Kier alpha value is -2.38. The number of amides is 1. The lowest BCUT2D eigenvalue weighted by atomic mass is 10.1. The molecule has 2 N–H and O–H groups in total. The van der Waals surface area contributed by atoms with E-state index in [9.17, 15) is 18.0 Å². The molecule has 0 unspecified atom stereocenters. The third kappa shape index (κ3) is 4.30. The second-order valence-corrected chi connectivity index (χ2v) is 4.49. The summed E-state index contributed by atoms with van der Waals surface area (Å²) in [5.41, 5.74) is -0.467. The summed E-state index contributed by atoms with van der Waals surface area (Å²) in [7, 11) is 0. The lowest BCUT2D eigenvalue weighted by Gasteiger charge is -2.08. The molecule has 21 heavy (non-hydrogen) atoms. The molecule has 0 saturated carbocycles. The fourth-order valence-corrected chi connectivity index (χ4v) is 1.75. The highest BCUT2D eigenvalue weighted by molar-refractivity contribution is 5.78. The first-order chi connectivity index (χ1) is 9.84. The molecular formula is C13H13F3N4O. The van der Waals surface area contributed by atoms with Gasteiger partial charge in [-0.3, -0.25) is 9.89 Å². The molecule has 0 aliphatic heterocycles. The van der Waals surface area contributed by atoms with Gasteiger partial charge in [0.15, 0.2) is 5.82 Å². The molecule has 0 saturated heterocycles. The van der Waals surface area contributed by atoms with E-state index in [2.05, 4.69) is 20.5 Å². The van der Waals surface area contributed by atoms with E-state index in [1.807, 2.05) is 0 Å². The number of H-pyrrole nitrogens is 1. The van der Waals surface area contributed by atoms with Crippen LogP contribution in [0.15, 0.2) is 24.3 Å². The maximum absolute atomic E-state index is 12.6. The molecule has 0 fully saturated rings. The first-order valence-corrected chi connectivity index (χ1v) is 6.15. The Morgan fingerprint density at radius 1 is 1.38 bits per heavy atom. The number of carbonyl (C=O) groups is 1. The molecule has 2 rings (SSSR count). The summed E-state index contributed by atoms with van der Waals surface area (Å²) in [6.45, 7) is 1.85. The second kappa shape index (κ2) is 5.94. The number of rotatable bonds is 4. The van der Waals surface area contributed by atoms with Gasteiger partial charge in [-0.25, -0.2) is 4.98 Å². The third-order valence-corrected chi connectivity index (χ3v) is 2.71. The molecule has 0 atom stereocenters. The number of halogens is 3. The Bertz CT molecular complexity index is 636. The van der Waals surface area contributed by atoms with Crippen molar-refractivity contribution in [1.82, 2.24) is 20.5 Å². The van der Waals surface area contributed by atoms with Crippen molar-refractivity contribution in [2.45, 2.75) is 26.1 Å². The summed E-state index contributed by atoms with van der Waals surface area (Å²) in [4.78, 5) is 15.7. The standard InChI is InChI=1S/C13H13F3N4O/c1-8-18-11(20-19-8)7-17-12(21)6-9-3-2-4-10(5-9)13(14,15)16/h2-5H,6-7H2,1H3,(H,17,21)(H,18,19,20). The van der Waals surface area contributed by atoms with Crippen LogP contribution in [0.3, 0.4) is 0 Å². The molecule has 1 aromatic carbocycles. The largest absolute Gasteiger partial charge is 0.416 e. The number of nitrogens with one attached hydrogen (secondary N) is 2. The molecule has 0 spiro atoms. The van der Waals surface area contributed by atoms with Crippen LogP contribution >= 0.6 is 0 Å². The number of carbonyl (C=O) groups excluding carboxylic acids is 1. The lowest BCUT2D eigenvalue weighted by molar-refractivity contribution is -0.137. The summed E-state index contributed by atoms with van der Waals surface area (Å²) in [6, 6.07) is 4.70. The van der Waals surface area contributed by atoms with Gasteiger partial charge >= 0.3 is 6.18 Å². The molecule has 0 aliphatic rings. The summed E-state index contributed by atoms with van der Waals surface area (Å²) in [6.07, 6.45) is -4.55. The van der Waals surface area contributed by atoms with E-state index in [0.29, 0.717) is 17.2 Å². The lowest BCUT2D eigenvalue weighted by Crippen LogP contribution is -2.25. The fraction of sp³-hybridized carbons (Fsp3) is 0.308. The monoisotopic (exact) mass is 298 g/mol. The smallest absolute Gasteiger partial charge is 0.348 e. The third-order valence-electron chi connectivity index (χ3n) is 2.71. The van der Waals surface area contributed by atoms with E-state index in [0.717, 1.165) is 12.1 Å². The van der Waals surface area contributed by atoms with Crippen LogP contribution in [0.1, 0.15) is 22.8 Å². The Kier molecular flexibility index (Phi) is 4.25. The molecule has 0 bridgehead atoms. The van der Waals surface area contributed by atoms with Crippen molar-refractivity contribution in [3.63, 3.8) is 0 Å². The maximum Gasteiger partial charge on any atom is 0.416 e. The number of aryl methyl sites for hydroxylation is 1. The SMILES string of the molecule is Cc1nc(CNC(=O)Cc2cccc(C(F)(F)F)c2)n[nH]1. The molecule has 5 nitrogen and oxygen atoms in total. The Morgan fingerprint density at radius 2 is 2.14 bits per heavy atom. The van der Waals surface area contributed by atoms with E-state index >= 15 is 0 Å². The Labute approximate surface area is 118 Å². The van der Waals surface area contributed by atoms with Gasteiger partial charge < -0.3 is 5.32 Å². The van der Waals surface area contributed by atoms with Crippen LogP contribution in [0.5, 0.6) is 0 Å². The molecule has 0 aliphatic carbocycles. The van der Waals surface area contributed by atoms with Crippen LogP contribution in [0.2, 0.25) is 0 Å². The Morgan fingerprint density at radius 3 is 2.76 bits per heavy atom. The summed E-state index contributed by atoms with van der Waals surface area (Å²) < 4.78 is 37.7. The molecule has 1 heterocycles. The number of aromatic amines is 1. The number of alkyl halides is 3. The van der Waals surface area contributed by atoms with Gasteiger partial charge in [0.25, 0.3) is 0 Å². The summed E-state index contributed by atoms with van der Waals surface area (Å²) in [5.74, 6) is 0.652. The fourth-order valence-electron chi connectivity index (χ4n) is 1.75. The predicted octanol–water partition coefficient (Wildman–Crippen LogP) is 1.99. The first kappa shape index (κ1) is 15.0. The van der Waals surface area contributed by atoms with Crippen molar-refractivity contribution in [3.05, 3.63) is 47.0 Å². The number of hydrogen-bond donors (Lipinski definition) is 2.